The number of carbonyl (C=O) groups excluding carboxylic acids is 1. The molecule has 0 aliphatic carbocycles. The second-order valence-electron chi connectivity index (χ2n) is 4.19. The van der Waals surface area contributed by atoms with Crippen LogP contribution in [0.15, 0.2) is 29.8 Å². The zero-order chi connectivity index (χ0) is 16.2. The fourth-order valence-electron chi connectivity index (χ4n) is 1.47. The maximum Gasteiger partial charge on any atom is 0.419 e. The lowest BCUT2D eigenvalue weighted by Gasteiger charge is -2.14. The highest BCUT2D eigenvalue weighted by Gasteiger charge is 2.35. The van der Waals surface area contributed by atoms with E-state index in [-0.39, 0.29) is 17.7 Å². The summed E-state index contributed by atoms with van der Waals surface area (Å²) in [6.07, 6.45) is -3.91. The van der Waals surface area contributed by atoms with Crippen molar-refractivity contribution >= 4 is 11.9 Å². The summed E-state index contributed by atoms with van der Waals surface area (Å²) in [5.74, 6) is -2.73. The summed E-state index contributed by atoms with van der Waals surface area (Å²) in [6.45, 7) is 1.07. The predicted octanol–water partition coefficient (Wildman–Crippen LogP) is 2.21. The number of rotatable bonds is 5. The highest BCUT2D eigenvalue weighted by Crippen LogP contribution is 2.36. The minimum Gasteiger partial charge on any atom is -0.489 e. The lowest BCUT2D eigenvalue weighted by atomic mass is 10.1. The van der Waals surface area contributed by atoms with Crippen LogP contribution >= 0.6 is 0 Å². The molecule has 1 aromatic rings. The van der Waals surface area contributed by atoms with Crippen LogP contribution < -0.4 is 10.5 Å². The van der Waals surface area contributed by atoms with E-state index in [1.54, 1.807) is 0 Å². The molecule has 1 amide bonds. The molecule has 1 aromatic carbocycles. The third kappa shape index (κ3) is 4.83. The van der Waals surface area contributed by atoms with Crippen molar-refractivity contribution < 1.29 is 32.6 Å². The molecule has 8 heteroatoms. The molecular formula is C13H12F3NO4. The van der Waals surface area contributed by atoms with Gasteiger partial charge in [-0.3, -0.25) is 4.79 Å². The fraction of sp³-hybridized carbons (Fsp3) is 0.231. The molecule has 0 aromatic heterocycles. The normalized spacial score (nSPS) is 12.1. The van der Waals surface area contributed by atoms with E-state index < -0.39 is 29.4 Å². The lowest BCUT2D eigenvalue weighted by molar-refractivity contribution is -0.139. The van der Waals surface area contributed by atoms with Crippen molar-refractivity contribution in [3.63, 3.8) is 0 Å². The van der Waals surface area contributed by atoms with E-state index in [4.69, 9.17) is 15.6 Å². The van der Waals surface area contributed by atoms with Crippen LogP contribution in [-0.2, 0) is 11.0 Å². The standard InChI is InChI=1S/C13H12F3NO4/c1-7(4-11(18)19)6-21-10-3-2-8(12(17)20)5-9(10)13(14,15)16/h2-5H,6H2,1H3,(H2,17,20)(H,18,19)/b7-4-. The van der Waals surface area contributed by atoms with E-state index in [2.05, 4.69) is 0 Å². The largest absolute Gasteiger partial charge is 0.489 e. The number of hydrogen-bond donors (Lipinski definition) is 2. The lowest BCUT2D eigenvalue weighted by Crippen LogP contribution is -2.15. The van der Waals surface area contributed by atoms with Crippen LogP contribution in [0.1, 0.15) is 22.8 Å². The second kappa shape index (κ2) is 6.29. The number of aliphatic carboxylic acids is 1. The second-order valence-corrected chi connectivity index (χ2v) is 4.19. The number of nitrogens with two attached hydrogens (primary N) is 1. The number of carbonyl (C=O) groups is 2. The van der Waals surface area contributed by atoms with Gasteiger partial charge in [-0.05, 0) is 30.7 Å². The van der Waals surface area contributed by atoms with Crippen molar-refractivity contribution in [2.45, 2.75) is 13.1 Å². The Bertz CT molecular complexity index is 594. The van der Waals surface area contributed by atoms with Crippen LogP contribution in [0.5, 0.6) is 5.75 Å². The van der Waals surface area contributed by atoms with Gasteiger partial charge in [-0.2, -0.15) is 13.2 Å². The maximum absolute atomic E-state index is 12.9. The Morgan fingerprint density at radius 1 is 1.38 bits per heavy atom. The summed E-state index contributed by atoms with van der Waals surface area (Å²) in [5, 5.41) is 8.50. The van der Waals surface area contributed by atoms with Gasteiger partial charge in [-0.15, -0.1) is 0 Å². The first-order chi connectivity index (χ1) is 9.61. The van der Waals surface area contributed by atoms with Crippen LogP contribution in [0.4, 0.5) is 13.2 Å². The van der Waals surface area contributed by atoms with E-state index in [0.717, 1.165) is 18.2 Å². The van der Waals surface area contributed by atoms with E-state index in [0.29, 0.717) is 6.07 Å². The molecule has 1 rings (SSSR count). The minimum absolute atomic E-state index is 0.231. The first kappa shape index (κ1) is 16.5. The first-order valence-corrected chi connectivity index (χ1v) is 5.65. The Hall–Kier alpha value is -2.51. The Labute approximate surface area is 117 Å². The highest BCUT2D eigenvalue weighted by atomic mass is 19.4. The van der Waals surface area contributed by atoms with Crippen molar-refractivity contribution in [1.82, 2.24) is 0 Å². The number of carboxylic acid groups (broad SMARTS) is 1. The van der Waals surface area contributed by atoms with Crippen molar-refractivity contribution in [2.75, 3.05) is 6.61 Å². The average Bonchev–Trinajstić information content (AvgIpc) is 2.34. The maximum atomic E-state index is 12.9. The molecule has 5 nitrogen and oxygen atoms in total. The van der Waals surface area contributed by atoms with Gasteiger partial charge in [0.05, 0.1) is 5.56 Å². The van der Waals surface area contributed by atoms with Crippen LogP contribution in [0, 0.1) is 0 Å². The molecule has 0 radical (unpaired) electrons. The van der Waals surface area contributed by atoms with Crippen molar-refractivity contribution in [3.05, 3.63) is 41.0 Å². The van der Waals surface area contributed by atoms with Gasteiger partial charge < -0.3 is 15.6 Å². The van der Waals surface area contributed by atoms with Gasteiger partial charge in [0.25, 0.3) is 0 Å². The summed E-state index contributed by atoms with van der Waals surface area (Å²) in [6, 6.07) is 2.66. The number of alkyl halides is 3. The SMILES string of the molecule is C/C(=C/C(=O)O)COc1ccc(C(N)=O)cc1C(F)(F)F. The quantitative estimate of drug-likeness (QED) is 0.816. The van der Waals surface area contributed by atoms with Gasteiger partial charge in [0.1, 0.15) is 12.4 Å². The molecule has 0 saturated carbocycles. The minimum atomic E-state index is -4.73. The van der Waals surface area contributed by atoms with Crippen LogP contribution in [0.3, 0.4) is 0 Å². The molecule has 0 unspecified atom stereocenters. The zero-order valence-electron chi connectivity index (χ0n) is 10.9. The average molecular weight is 303 g/mol. The molecule has 0 saturated heterocycles. The first-order valence-electron chi connectivity index (χ1n) is 5.65. The summed E-state index contributed by atoms with van der Waals surface area (Å²) >= 11 is 0. The van der Waals surface area contributed by atoms with Crippen LogP contribution in [-0.4, -0.2) is 23.6 Å². The molecule has 0 bridgehead atoms. The molecular weight excluding hydrogens is 291 g/mol. The monoisotopic (exact) mass is 303 g/mol. The number of hydrogen-bond acceptors (Lipinski definition) is 3. The number of halogens is 3. The van der Waals surface area contributed by atoms with Crippen LogP contribution in [0.2, 0.25) is 0 Å². The number of primary amides is 1. The van der Waals surface area contributed by atoms with E-state index in [1.807, 2.05) is 0 Å². The topological polar surface area (TPSA) is 89.6 Å². The van der Waals surface area contributed by atoms with E-state index in [1.165, 1.54) is 6.92 Å². The molecule has 114 valence electrons. The van der Waals surface area contributed by atoms with Crippen molar-refractivity contribution in [2.24, 2.45) is 5.73 Å². The molecule has 0 aliphatic rings. The molecule has 0 spiro atoms. The molecule has 0 aliphatic heterocycles. The Balaban J connectivity index is 3.07. The molecule has 0 fully saturated rings. The molecule has 3 N–H and O–H groups in total. The van der Waals surface area contributed by atoms with Gasteiger partial charge >= 0.3 is 12.1 Å². The molecule has 21 heavy (non-hydrogen) atoms. The van der Waals surface area contributed by atoms with E-state index >= 15 is 0 Å². The number of carboxylic acids is 1. The Morgan fingerprint density at radius 3 is 2.48 bits per heavy atom. The van der Waals surface area contributed by atoms with Gasteiger partial charge in [0.15, 0.2) is 0 Å². The number of ether oxygens (including phenoxy) is 1. The smallest absolute Gasteiger partial charge is 0.419 e. The summed E-state index contributed by atoms with van der Waals surface area (Å²) in [7, 11) is 0. The third-order valence-corrected chi connectivity index (χ3v) is 2.39. The zero-order valence-corrected chi connectivity index (χ0v) is 10.9. The summed E-state index contributed by atoms with van der Waals surface area (Å²) < 4.78 is 43.6. The van der Waals surface area contributed by atoms with Crippen molar-refractivity contribution in [1.29, 1.82) is 0 Å². The predicted molar refractivity (Wildman–Crippen MR) is 66.8 cm³/mol. The van der Waals surface area contributed by atoms with Crippen LogP contribution in [0.25, 0.3) is 0 Å². The molecule has 0 atom stereocenters. The van der Waals surface area contributed by atoms with Gasteiger partial charge in [0.2, 0.25) is 5.91 Å². The van der Waals surface area contributed by atoms with Gasteiger partial charge in [0, 0.05) is 11.6 Å². The Morgan fingerprint density at radius 2 is 2.00 bits per heavy atom. The third-order valence-electron chi connectivity index (χ3n) is 2.39. The van der Waals surface area contributed by atoms with Gasteiger partial charge in [-0.1, -0.05) is 0 Å². The van der Waals surface area contributed by atoms with Gasteiger partial charge in [-0.25, -0.2) is 4.79 Å². The van der Waals surface area contributed by atoms with Crippen molar-refractivity contribution in [3.8, 4) is 5.75 Å². The Kier molecular flexibility index (Phi) is 4.96. The summed E-state index contributed by atoms with van der Waals surface area (Å²) in [4.78, 5) is 21.3. The molecule has 0 heterocycles. The highest BCUT2D eigenvalue weighted by molar-refractivity contribution is 5.93. The summed E-state index contributed by atoms with van der Waals surface area (Å²) in [5.41, 5.74) is 3.71. The number of amides is 1. The fourth-order valence-corrected chi connectivity index (χ4v) is 1.47. The number of benzene rings is 1. The van der Waals surface area contributed by atoms with E-state index in [9.17, 15) is 22.8 Å².